The second kappa shape index (κ2) is 6.85. The quantitative estimate of drug-likeness (QED) is 0.903. The van der Waals surface area contributed by atoms with Crippen LogP contribution in [-0.2, 0) is 0 Å². The summed E-state index contributed by atoms with van der Waals surface area (Å²) in [5.41, 5.74) is 2.15. The van der Waals surface area contributed by atoms with Gasteiger partial charge < -0.3 is 10.4 Å². The van der Waals surface area contributed by atoms with Crippen LogP contribution in [0.25, 0.3) is 0 Å². The van der Waals surface area contributed by atoms with Crippen molar-refractivity contribution in [1.82, 2.24) is 10.2 Å². The van der Waals surface area contributed by atoms with Crippen molar-refractivity contribution in [2.75, 3.05) is 26.2 Å². The summed E-state index contributed by atoms with van der Waals surface area (Å²) in [4.78, 5) is 2.38. The first kappa shape index (κ1) is 14.3. The molecule has 0 radical (unpaired) electrons. The topological polar surface area (TPSA) is 35.5 Å². The molecule has 0 bridgehead atoms. The first-order chi connectivity index (χ1) is 10.4. The fourth-order valence-corrected chi connectivity index (χ4v) is 3.04. The zero-order valence-corrected chi connectivity index (χ0v) is 12.2. The molecule has 1 saturated heterocycles. The highest BCUT2D eigenvalue weighted by Gasteiger charge is 2.29. The van der Waals surface area contributed by atoms with E-state index in [9.17, 15) is 5.11 Å². The molecule has 3 rings (SSSR count). The van der Waals surface area contributed by atoms with Crippen molar-refractivity contribution in [1.29, 1.82) is 0 Å². The van der Waals surface area contributed by atoms with E-state index in [1.165, 1.54) is 5.56 Å². The van der Waals surface area contributed by atoms with Crippen molar-refractivity contribution in [2.24, 2.45) is 0 Å². The normalized spacial score (nSPS) is 19.1. The number of piperazine rings is 1. The molecule has 1 heterocycles. The van der Waals surface area contributed by atoms with Gasteiger partial charge >= 0.3 is 0 Å². The molecule has 1 fully saturated rings. The van der Waals surface area contributed by atoms with Gasteiger partial charge in [-0.05, 0) is 11.1 Å². The van der Waals surface area contributed by atoms with Gasteiger partial charge in [-0.15, -0.1) is 0 Å². The molecule has 0 spiro atoms. The highest BCUT2D eigenvalue weighted by Crippen LogP contribution is 2.34. The number of hydrogen-bond donors (Lipinski definition) is 2. The van der Waals surface area contributed by atoms with E-state index in [-0.39, 0.29) is 6.04 Å². The number of aliphatic hydroxyl groups excluding tert-OH is 1. The molecule has 2 unspecified atom stereocenters. The summed E-state index contributed by atoms with van der Waals surface area (Å²) in [6.45, 7) is 3.88. The van der Waals surface area contributed by atoms with Crippen molar-refractivity contribution in [3.8, 4) is 0 Å². The molecule has 0 aromatic heterocycles. The average molecular weight is 282 g/mol. The SMILES string of the molecule is OC(c1ccccc1)C(c1ccccc1)N1CCNCC1. The van der Waals surface area contributed by atoms with Gasteiger partial charge in [-0.1, -0.05) is 60.7 Å². The molecule has 3 heteroatoms. The largest absolute Gasteiger partial charge is 0.386 e. The van der Waals surface area contributed by atoms with Crippen LogP contribution in [-0.4, -0.2) is 36.2 Å². The first-order valence-corrected chi connectivity index (χ1v) is 7.59. The first-order valence-electron chi connectivity index (χ1n) is 7.59. The monoisotopic (exact) mass is 282 g/mol. The Hall–Kier alpha value is -1.68. The third kappa shape index (κ3) is 3.32. The van der Waals surface area contributed by atoms with Gasteiger partial charge in [0.15, 0.2) is 0 Å². The maximum atomic E-state index is 10.9. The number of nitrogens with zero attached hydrogens (tertiary/aromatic N) is 1. The van der Waals surface area contributed by atoms with Crippen LogP contribution in [0.1, 0.15) is 23.3 Å². The second-order valence-corrected chi connectivity index (χ2v) is 5.50. The van der Waals surface area contributed by atoms with Crippen molar-refractivity contribution in [3.63, 3.8) is 0 Å². The molecule has 21 heavy (non-hydrogen) atoms. The molecule has 3 nitrogen and oxygen atoms in total. The zero-order chi connectivity index (χ0) is 14.5. The van der Waals surface area contributed by atoms with Crippen molar-refractivity contribution in [3.05, 3.63) is 71.8 Å². The number of rotatable bonds is 4. The number of hydrogen-bond acceptors (Lipinski definition) is 3. The number of aliphatic hydroxyl groups is 1. The van der Waals surface area contributed by atoms with E-state index in [1.54, 1.807) is 0 Å². The Balaban J connectivity index is 1.92. The molecule has 1 aliphatic rings. The fourth-order valence-electron chi connectivity index (χ4n) is 3.04. The molecule has 2 N–H and O–H groups in total. The van der Waals surface area contributed by atoms with E-state index in [1.807, 2.05) is 48.5 Å². The summed E-state index contributed by atoms with van der Waals surface area (Å²) in [6.07, 6.45) is -0.508. The molecule has 0 aliphatic carbocycles. The maximum absolute atomic E-state index is 10.9. The van der Waals surface area contributed by atoms with Gasteiger partial charge in [-0.3, -0.25) is 4.90 Å². The summed E-state index contributed by atoms with van der Waals surface area (Å²) in [5.74, 6) is 0. The number of benzene rings is 2. The highest BCUT2D eigenvalue weighted by atomic mass is 16.3. The molecular formula is C18H22N2O. The second-order valence-electron chi connectivity index (χ2n) is 5.50. The van der Waals surface area contributed by atoms with Crippen molar-refractivity contribution >= 4 is 0 Å². The molecule has 2 aromatic rings. The predicted octanol–water partition coefficient (Wildman–Crippen LogP) is 2.37. The minimum Gasteiger partial charge on any atom is -0.386 e. The van der Waals surface area contributed by atoms with Crippen LogP contribution in [0.5, 0.6) is 0 Å². The van der Waals surface area contributed by atoms with Crippen molar-refractivity contribution < 1.29 is 5.11 Å². The van der Waals surface area contributed by atoms with Crippen LogP contribution in [0.3, 0.4) is 0 Å². The Morgan fingerprint density at radius 1 is 0.810 bits per heavy atom. The Morgan fingerprint density at radius 3 is 1.90 bits per heavy atom. The smallest absolute Gasteiger partial charge is 0.0986 e. The van der Waals surface area contributed by atoms with E-state index in [2.05, 4.69) is 22.3 Å². The lowest BCUT2D eigenvalue weighted by Crippen LogP contribution is -2.46. The van der Waals surface area contributed by atoms with Gasteiger partial charge in [0.05, 0.1) is 12.1 Å². The molecule has 110 valence electrons. The maximum Gasteiger partial charge on any atom is 0.0986 e. The summed E-state index contributed by atoms with van der Waals surface area (Å²) >= 11 is 0. The van der Waals surface area contributed by atoms with E-state index >= 15 is 0 Å². The molecule has 0 amide bonds. The van der Waals surface area contributed by atoms with Crippen LogP contribution >= 0.6 is 0 Å². The summed E-state index contributed by atoms with van der Waals surface area (Å²) in [6, 6.07) is 20.3. The van der Waals surface area contributed by atoms with Crippen molar-refractivity contribution in [2.45, 2.75) is 12.1 Å². The molecule has 2 aromatic carbocycles. The average Bonchev–Trinajstić information content (AvgIpc) is 2.58. The molecular weight excluding hydrogens is 260 g/mol. The van der Waals surface area contributed by atoms with Gasteiger partial charge in [-0.2, -0.15) is 0 Å². The van der Waals surface area contributed by atoms with Gasteiger partial charge in [0.25, 0.3) is 0 Å². The van der Waals surface area contributed by atoms with E-state index in [0.717, 1.165) is 31.7 Å². The third-order valence-corrected chi connectivity index (χ3v) is 4.13. The van der Waals surface area contributed by atoms with Crippen LogP contribution in [0, 0.1) is 0 Å². The molecule has 2 atom stereocenters. The Labute approximate surface area is 126 Å². The fraction of sp³-hybridized carbons (Fsp3) is 0.333. The third-order valence-electron chi connectivity index (χ3n) is 4.13. The summed E-state index contributed by atoms with van der Waals surface area (Å²) in [5, 5.41) is 14.3. The summed E-state index contributed by atoms with van der Waals surface area (Å²) < 4.78 is 0. The van der Waals surface area contributed by atoms with E-state index in [4.69, 9.17) is 0 Å². The van der Waals surface area contributed by atoms with E-state index < -0.39 is 6.10 Å². The lowest BCUT2D eigenvalue weighted by molar-refractivity contribution is 0.0401. The van der Waals surface area contributed by atoms with Crippen LogP contribution in [0.2, 0.25) is 0 Å². The Kier molecular flexibility index (Phi) is 4.65. The lowest BCUT2D eigenvalue weighted by atomic mass is 9.94. The Morgan fingerprint density at radius 2 is 1.33 bits per heavy atom. The van der Waals surface area contributed by atoms with Crippen LogP contribution in [0.4, 0.5) is 0 Å². The minimum atomic E-state index is -0.508. The summed E-state index contributed by atoms with van der Waals surface area (Å²) in [7, 11) is 0. The predicted molar refractivity (Wildman–Crippen MR) is 85.0 cm³/mol. The molecule has 0 saturated carbocycles. The number of nitrogens with one attached hydrogen (secondary N) is 1. The molecule has 1 aliphatic heterocycles. The van der Waals surface area contributed by atoms with Gasteiger partial charge in [0.2, 0.25) is 0 Å². The zero-order valence-electron chi connectivity index (χ0n) is 12.2. The highest BCUT2D eigenvalue weighted by molar-refractivity contribution is 5.26. The lowest BCUT2D eigenvalue weighted by Gasteiger charge is -2.38. The Bertz CT molecular complexity index is 538. The standard InChI is InChI=1S/C18H22N2O/c21-18(16-9-5-2-6-10-16)17(15-7-3-1-4-8-15)20-13-11-19-12-14-20/h1-10,17-19,21H,11-14H2. The van der Waals surface area contributed by atoms with Crippen LogP contribution < -0.4 is 5.32 Å². The van der Waals surface area contributed by atoms with Gasteiger partial charge in [0.1, 0.15) is 0 Å². The van der Waals surface area contributed by atoms with Gasteiger partial charge in [0, 0.05) is 26.2 Å². The van der Waals surface area contributed by atoms with Crippen LogP contribution in [0.15, 0.2) is 60.7 Å². The van der Waals surface area contributed by atoms with Gasteiger partial charge in [-0.25, -0.2) is 0 Å². The van der Waals surface area contributed by atoms with E-state index in [0.29, 0.717) is 0 Å². The minimum absolute atomic E-state index is 0.00991.